The second-order valence-corrected chi connectivity index (χ2v) is 7.64. The van der Waals surface area contributed by atoms with Crippen LogP contribution in [0.1, 0.15) is 19.4 Å². The van der Waals surface area contributed by atoms with E-state index in [1.165, 1.54) is 5.56 Å². The van der Waals surface area contributed by atoms with E-state index in [-0.39, 0.29) is 5.54 Å². The molecule has 0 fully saturated rings. The summed E-state index contributed by atoms with van der Waals surface area (Å²) in [6.45, 7) is 4.49. The van der Waals surface area contributed by atoms with Crippen LogP contribution >= 0.6 is 0 Å². The van der Waals surface area contributed by atoms with Crippen LogP contribution in [0.4, 0.5) is 0 Å². The molecular weight excluding hydrogens is 338 g/mol. The number of hydrogen-bond acceptors (Lipinski definition) is 4. The van der Waals surface area contributed by atoms with Crippen molar-refractivity contribution < 1.29 is 9.47 Å². The van der Waals surface area contributed by atoms with Crippen molar-refractivity contribution in [3.8, 4) is 22.8 Å². The van der Waals surface area contributed by atoms with E-state index in [1.54, 1.807) is 14.2 Å². The Morgan fingerprint density at radius 1 is 0.889 bits per heavy atom. The summed E-state index contributed by atoms with van der Waals surface area (Å²) in [5.41, 5.74) is 7.06. The highest BCUT2D eigenvalue weighted by Gasteiger charge is 2.34. The van der Waals surface area contributed by atoms with Gasteiger partial charge in [0.1, 0.15) is 5.52 Å². The monoisotopic (exact) mass is 359 g/mol. The number of para-hydroxylation sites is 2. The van der Waals surface area contributed by atoms with Gasteiger partial charge in [0.05, 0.1) is 30.9 Å². The van der Waals surface area contributed by atoms with E-state index in [0.29, 0.717) is 0 Å². The van der Waals surface area contributed by atoms with Gasteiger partial charge in [0.15, 0.2) is 17.1 Å². The standard InChI is InChI=1S/C22H21N3O2/c1-22(2)12-13-9-19(26-3)20(27-4)10-14(13)18-11-17-21(25(18)22)24-16-8-6-5-7-15(16)23-17/h5-11H,12H2,1-4H3. The molecule has 0 spiro atoms. The summed E-state index contributed by atoms with van der Waals surface area (Å²) in [7, 11) is 3.34. The van der Waals surface area contributed by atoms with Crippen LogP contribution in [0, 0.1) is 0 Å². The molecule has 3 heterocycles. The molecule has 2 aromatic carbocycles. The van der Waals surface area contributed by atoms with Crippen molar-refractivity contribution in [2.24, 2.45) is 0 Å². The third kappa shape index (κ3) is 2.24. The molecule has 0 saturated carbocycles. The first-order chi connectivity index (χ1) is 13.0. The van der Waals surface area contributed by atoms with Crippen molar-refractivity contribution in [3.63, 3.8) is 0 Å². The van der Waals surface area contributed by atoms with Crippen LogP contribution in [0.3, 0.4) is 0 Å². The number of aromatic nitrogens is 3. The Morgan fingerprint density at radius 3 is 2.26 bits per heavy atom. The lowest BCUT2D eigenvalue weighted by Crippen LogP contribution is -2.33. The Labute approximate surface area is 157 Å². The van der Waals surface area contributed by atoms with E-state index in [2.05, 4.69) is 36.6 Å². The molecule has 0 bridgehead atoms. The molecule has 1 aliphatic heterocycles. The van der Waals surface area contributed by atoms with Crippen LogP contribution in [-0.4, -0.2) is 28.8 Å². The van der Waals surface area contributed by atoms with Crippen molar-refractivity contribution in [3.05, 3.63) is 48.0 Å². The van der Waals surface area contributed by atoms with Crippen LogP contribution < -0.4 is 9.47 Å². The molecule has 5 rings (SSSR count). The molecule has 0 atom stereocenters. The Morgan fingerprint density at radius 2 is 1.56 bits per heavy atom. The number of ether oxygens (including phenoxy) is 2. The first-order valence-electron chi connectivity index (χ1n) is 9.06. The summed E-state index contributed by atoms with van der Waals surface area (Å²) < 4.78 is 13.4. The van der Waals surface area contributed by atoms with Gasteiger partial charge >= 0.3 is 0 Å². The number of methoxy groups -OCH3 is 2. The SMILES string of the molecule is COc1cc2c(cc1OC)-c1cc3nc4ccccc4nc3n1C(C)(C)C2. The predicted octanol–water partition coefficient (Wildman–Crippen LogP) is 4.56. The molecule has 27 heavy (non-hydrogen) atoms. The number of rotatable bonds is 2. The third-order valence-electron chi connectivity index (χ3n) is 5.42. The maximum atomic E-state index is 5.54. The second kappa shape index (κ2) is 5.46. The first-order valence-corrected chi connectivity index (χ1v) is 9.06. The Balaban J connectivity index is 1.86. The summed E-state index contributed by atoms with van der Waals surface area (Å²) in [6.07, 6.45) is 0.883. The van der Waals surface area contributed by atoms with Gasteiger partial charge < -0.3 is 14.0 Å². The Kier molecular flexibility index (Phi) is 3.26. The summed E-state index contributed by atoms with van der Waals surface area (Å²) >= 11 is 0. The van der Waals surface area contributed by atoms with Crippen LogP contribution in [0.2, 0.25) is 0 Å². The van der Waals surface area contributed by atoms with Crippen molar-refractivity contribution in [2.45, 2.75) is 25.8 Å². The summed E-state index contributed by atoms with van der Waals surface area (Å²) in [5, 5.41) is 0. The van der Waals surface area contributed by atoms with E-state index < -0.39 is 0 Å². The molecule has 0 unspecified atom stereocenters. The van der Waals surface area contributed by atoms with Gasteiger partial charge in [-0.1, -0.05) is 12.1 Å². The number of hydrogen-bond donors (Lipinski definition) is 0. The van der Waals surface area contributed by atoms with E-state index in [9.17, 15) is 0 Å². The molecule has 4 aromatic rings. The van der Waals surface area contributed by atoms with Crippen molar-refractivity contribution >= 4 is 22.2 Å². The maximum Gasteiger partial charge on any atom is 0.161 e. The number of nitrogens with zero attached hydrogens (tertiary/aromatic N) is 3. The number of fused-ring (bicyclic) bond motifs is 6. The minimum absolute atomic E-state index is 0.124. The fourth-order valence-corrected chi connectivity index (χ4v) is 4.24. The highest BCUT2D eigenvalue weighted by Crippen LogP contribution is 2.45. The van der Waals surface area contributed by atoms with Gasteiger partial charge in [0.25, 0.3) is 0 Å². The van der Waals surface area contributed by atoms with Crippen LogP contribution in [0.15, 0.2) is 42.5 Å². The zero-order valence-electron chi connectivity index (χ0n) is 15.9. The fraction of sp³-hybridized carbons (Fsp3) is 0.273. The van der Waals surface area contributed by atoms with Gasteiger partial charge in [-0.3, -0.25) is 0 Å². The molecule has 5 nitrogen and oxygen atoms in total. The van der Waals surface area contributed by atoms with E-state index in [0.717, 1.165) is 51.4 Å². The molecular formula is C22H21N3O2. The minimum Gasteiger partial charge on any atom is -0.493 e. The molecule has 5 heteroatoms. The van der Waals surface area contributed by atoms with Crippen molar-refractivity contribution in [2.75, 3.05) is 14.2 Å². The van der Waals surface area contributed by atoms with E-state index in [4.69, 9.17) is 19.4 Å². The summed E-state index contributed by atoms with van der Waals surface area (Å²) in [5.74, 6) is 1.50. The van der Waals surface area contributed by atoms with Crippen LogP contribution in [0.5, 0.6) is 11.5 Å². The van der Waals surface area contributed by atoms with Gasteiger partial charge in [-0.25, -0.2) is 9.97 Å². The summed E-state index contributed by atoms with van der Waals surface area (Å²) in [4.78, 5) is 9.80. The van der Waals surface area contributed by atoms with Gasteiger partial charge in [0.2, 0.25) is 0 Å². The molecule has 0 saturated heterocycles. The first kappa shape index (κ1) is 16.1. The zero-order valence-corrected chi connectivity index (χ0v) is 15.9. The molecule has 136 valence electrons. The Hall–Kier alpha value is -3.08. The van der Waals surface area contributed by atoms with Gasteiger partial charge in [-0.15, -0.1) is 0 Å². The minimum atomic E-state index is -0.124. The lowest BCUT2D eigenvalue weighted by atomic mass is 9.86. The normalized spacial score (nSPS) is 14.8. The van der Waals surface area contributed by atoms with Crippen LogP contribution in [-0.2, 0) is 12.0 Å². The Bertz CT molecular complexity index is 1210. The lowest BCUT2D eigenvalue weighted by Gasteiger charge is -2.35. The average Bonchev–Trinajstić information content (AvgIpc) is 3.04. The van der Waals surface area contributed by atoms with Gasteiger partial charge in [-0.2, -0.15) is 0 Å². The number of benzene rings is 2. The average molecular weight is 359 g/mol. The van der Waals surface area contributed by atoms with Crippen molar-refractivity contribution in [1.82, 2.24) is 14.5 Å². The highest BCUT2D eigenvalue weighted by atomic mass is 16.5. The zero-order chi connectivity index (χ0) is 18.8. The fourth-order valence-electron chi connectivity index (χ4n) is 4.24. The summed E-state index contributed by atoms with van der Waals surface area (Å²) in [6, 6.07) is 14.3. The second-order valence-electron chi connectivity index (χ2n) is 7.64. The maximum absolute atomic E-state index is 5.54. The van der Waals surface area contributed by atoms with E-state index >= 15 is 0 Å². The smallest absolute Gasteiger partial charge is 0.161 e. The third-order valence-corrected chi connectivity index (χ3v) is 5.42. The highest BCUT2D eigenvalue weighted by molar-refractivity contribution is 5.90. The van der Waals surface area contributed by atoms with Crippen LogP contribution in [0.25, 0.3) is 33.5 Å². The van der Waals surface area contributed by atoms with Gasteiger partial charge in [0, 0.05) is 11.1 Å². The molecule has 2 aromatic heterocycles. The lowest BCUT2D eigenvalue weighted by molar-refractivity contribution is 0.344. The molecule has 1 aliphatic rings. The van der Waals surface area contributed by atoms with Gasteiger partial charge in [-0.05, 0) is 56.2 Å². The quantitative estimate of drug-likeness (QED) is 0.526. The van der Waals surface area contributed by atoms with Crippen molar-refractivity contribution in [1.29, 1.82) is 0 Å². The topological polar surface area (TPSA) is 49.2 Å². The predicted molar refractivity (Wildman–Crippen MR) is 107 cm³/mol. The van der Waals surface area contributed by atoms with E-state index in [1.807, 2.05) is 24.3 Å². The largest absolute Gasteiger partial charge is 0.493 e. The molecule has 0 radical (unpaired) electrons. The molecule has 0 N–H and O–H groups in total. The molecule has 0 aliphatic carbocycles. The molecule has 0 amide bonds.